The summed E-state index contributed by atoms with van der Waals surface area (Å²) in [5.74, 6) is 0.245. The van der Waals surface area contributed by atoms with Gasteiger partial charge in [0, 0.05) is 38.7 Å². The Morgan fingerprint density at radius 3 is 2.74 bits per heavy atom. The first kappa shape index (κ1) is 15.8. The van der Waals surface area contributed by atoms with Crippen molar-refractivity contribution >= 4 is 15.8 Å². The predicted molar refractivity (Wildman–Crippen MR) is 81.8 cm³/mol. The number of anilines is 1. The van der Waals surface area contributed by atoms with Crippen molar-refractivity contribution in [2.45, 2.75) is 17.9 Å². The van der Waals surface area contributed by atoms with Crippen LogP contribution in [0.5, 0.6) is 0 Å². The van der Waals surface area contributed by atoms with Crippen molar-refractivity contribution < 1.29 is 13.2 Å². The average Bonchev–Trinajstić information content (AvgIpc) is 2.87. The van der Waals surface area contributed by atoms with Crippen LogP contribution in [0.2, 0.25) is 0 Å². The Kier molecular flexibility index (Phi) is 4.04. The number of hydrogen-bond donors (Lipinski definition) is 1. The molecule has 0 aromatic carbocycles. The quantitative estimate of drug-likeness (QED) is 0.828. The Labute approximate surface area is 134 Å². The zero-order valence-electron chi connectivity index (χ0n) is 12.9. The van der Waals surface area contributed by atoms with E-state index in [-0.39, 0.29) is 30.4 Å². The zero-order valence-corrected chi connectivity index (χ0v) is 13.7. The molecule has 1 atom stereocenters. The first-order chi connectivity index (χ1) is 10.9. The Hall–Kier alpha value is -2.04. The van der Waals surface area contributed by atoms with E-state index in [1.54, 1.807) is 14.0 Å². The average molecular weight is 338 g/mol. The van der Waals surface area contributed by atoms with E-state index in [1.165, 1.54) is 27.6 Å². The molecule has 0 amide bonds. The fourth-order valence-electron chi connectivity index (χ4n) is 2.59. The molecule has 9 nitrogen and oxygen atoms in total. The first-order valence-corrected chi connectivity index (χ1v) is 8.52. The number of nitrogen functional groups attached to an aromatic ring is 1. The van der Waals surface area contributed by atoms with Crippen molar-refractivity contribution in [1.82, 2.24) is 24.1 Å². The fourth-order valence-corrected chi connectivity index (χ4v) is 4.21. The van der Waals surface area contributed by atoms with E-state index in [4.69, 9.17) is 10.5 Å². The van der Waals surface area contributed by atoms with E-state index in [9.17, 15) is 8.42 Å². The summed E-state index contributed by atoms with van der Waals surface area (Å²) < 4.78 is 34.2. The van der Waals surface area contributed by atoms with E-state index in [0.29, 0.717) is 11.4 Å². The summed E-state index contributed by atoms with van der Waals surface area (Å²) in [4.78, 5) is 8.34. The Morgan fingerprint density at radius 2 is 2.09 bits per heavy atom. The van der Waals surface area contributed by atoms with E-state index in [2.05, 4.69) is 15.1 Å². The monoisotopic (exact) mass is 338 g/mol. The highest BCUT2D eigenvalue weighted by atomic mass is 32.2. The molecular formula is C13H18N6O3S. The van der Waals surface area contributed by atoms with Crippen LogP contribution in [0.3, 0.4) is 0 Å². The molecule has 10 heteroatoms. The van der Waals surface area contributed by atoms with Crippen LogP contribution in [-0.2, 0) is 21.8 Å². The molecule has 124 valence electrons. The van der Waals surface area contributed by atoms with Gasteiger partial charge in [0.05, 0.1) is 12.3 Å². The standard InChI is InChI=1S/C13H18N6O3S/c1-9-11(8-18(2)17-9)23(20,21)19-5-6-22-10(7-19)12-13(14)16-4-3-15-12/h3-4,8,10H,5-7H2,1-2H3,(H2,14,16)/t10-/m1/s1. The van der Waals surface area contributed by atoms with Gasteiger partial charge >= 0.3 is 0 Å². The second-order valence-electron chi connectivity index (χ2n) is 5.30. The van der Waals surface area contributed by atoms with E-state index in [0.717, 1.165) is 0 Å². The van der Waals surface area contributed by atoms with Crippen molar-refractivity contribution in [2.24, 2.45) is 7.05 Å². The van der Waals surface area contributed by atoms with E-state index < -0.39 is 16.1 Å². The molecule has 2 aromatic heterocycles. The molecule has 3 heterocycles. The summed E-state index contributed by atoms with van der Waals surface area (Å²) in [6.07, 6.45) is 3.96. The van der Waals surface area contributed by atoms with Gasteiger partial charge in [0.15, 0.2) is 0 Å². The normalized spacial score (nSPS) is 19.8. The molecule has 1 aliphatic rings. The lowest BCUT2D eigenvalue weighted by molar-refractivity contribution is -0.00466. The molecule has 0 unspecified atom stereocenters. The molecule has 1 aliphatic heterocycles. The number of aromatic nitrogens is 4. The molecule has 23 heavy (non-hydrogen) atoms. The number of nitrogens with zero attached hydrogens (tertiary/aromatic N) is 5. The maximum atomic E-state index is 12.8. The lowest BCUT2D eigenvalue weighted by Crippen LogP contribution is -2.42. The number of ether oxygens (including phenoxy) is 1. The molecule has 2 N–H and O–H groups in total. The van der Waals surface area contributed by atoms with Gasteiger partial charge in [-0.05, 0) is 6.92 Å². The Balaban J connectivity index is 1.89. The fraction of sp³-hybridized carbons (Fsp3) is 0.462. The lowest BCUT2D eigenvalue weighted by Gasteiger charge is -2.31. The van der Waals surface area contributed by atoms with Crippen LogP contribution in [0.4, 0.5) is 5.82 Å². The molecule has 0 aliphatic carbocycles. The number of rotatable bonds is 3. The highest BCUT2D eigenvalue weighted by Crippen LogP contribution is 2.28. The molecule has 1 saturated heterocycles. The van der Waals surface area contributed by atoms with Crippen LogP contribution in [0.15, 0.2) is 23.5 Å². The van der Waals surface area contributed by atoms with Gasteiger partial charge in [-0.15, -0.1) is 0 Å². The topological polar surface area (TPSA) is 116 Å². The minimum Gasteiger partial charge on any atom is -0.382 e. The van der Waals surface area contributed by atoms with Crippen molar-refractivity contribution in [3.05, 3.63) is 30.0 Å². The van der Waals surface area contributed by atoms with Crippen molar-refractivity contribution in [2.75, 3.05) is 25.4 Å². The molecule has 2 aromatic rings. The van der Waals surface area contributed by atoms with Gasteiger partial charge in [-0.1, -0.05) is 0 Å². The molecule has 0 bridgehead atoms. The number of sulfonamides is 1. The van der Waals surface area contributed by atoms with Gasteiger partial charge in [-0.3, -0.25) is 9.67 Å². The third-order valence-corrected chi connectivity index (χ3v) is 5.64. The highest BCUT2D eigenvalue weighted by Gasteiger charge is 2.34. The zero-order chi connectivity index (χ0) is 16.6. The third kappa shape index (κ3) is 2.92. The van der Waals surface area contributed by atoms with Crippen LogP contribution >= 0.6 is 0 Å². The molecule has 3 rings (SSSR count). The molecule has 1 fully saturated rings. The SMILES string of the molecule is Cc1nn(C)cc1S(=O)(=O)N1CCO[C@@H](c2nccnc2N)C1. The number of aryl methyl sites for hydroxylation is 2. The van der Waals surface area contributed by atoms with Gasteiger partial charge in [0.25, 0.3) is 0 Å². The summed E-state index contributed by atoms with van der Waals surface area (Å²) >= 11 is 0. The maximum absolute atomic E-state index is 12.8. The Morgan fingerprint density at radius 1 is 1.35 bits per heavy atom. The van der Waals surface area contributed by atoms with Crippen molar-refractivity contribution in [3.63, 3.8) is 0 Å². The first-order valence-electron chi connectivity index (χ1n) is 7.08. The molecule has 0 spiro atoms. The minimum atomic E-state index is -3.64. The summed E-state index contributed by atoms with van der Waals surface area (Å²) in [5.41, 5.74) is 6.73. The van der Waals surface area contributed by atoms with Crippen LogP contribution < -0.4 is 5.73 Å². The van der Waals surface area contributed by atoms with Gasteiger partial charge < -0.3 is 10.5 Å². The molecule has 0 radical (unpaired) electrons. The third-order valence-electron chi connectivity index (χ3n) is 3.68. The summed E-state index contributed by atoms with van der Waals surface area (Å²) in [6.45, 7) is 2.34. The number of nitrogens with two attached hydrogens (primary N) is 1. The maximum Gasteiger partial charge on any atom is 0.246 e. The van der Waals surface area contributed by atoms with Gasteiger partial charge in [0.1, 0.15) is 22.5 Å². The highest BCUT2D eigenvalue weighted by molar-refractivity contribution is 7.89. The summed E-state index contributed by atoms with van der Waals surface area (Å²) in [5, 5.41) is 4.10. The van der Waals surface area contributed by atoms with Crippen LogP contribution in [0.1, 0.15) is 17.5 Å². The lowest BCUT2D eigenvalue weighted by atomic mass is 10.2. The Bertz CT molecular complexity index is 819. The van der Waals surface area contributed by atoms with Crippen molar-refractivity contribution in [3.8, 4) is 0 Å². The van der Waals surface area contributed by atoms with Crippen LogP contribution in [0.25, 0.3) is 0 Å². The summed E-state index contributed by atoms with van der Waals surface area (Å²) in [7, 11) is -1.96. The van der Waals surface area contributed by atoms with E-state index in [1.807, 2.05) is 0 Å². The number of hydrogen-bond acceptors (Lipinski definition) is 7. The van der Waals surface area contributed by atoms with Crippen molar-refractivity contribution in [1.29, 1.82) is 0 Å². The second kappa shape index (κ2) is 5.87. The molecular weight excluding hydrogens is 320 g/mol. The largest absolute Gasteiger partial charge is 0.382 e. The number of morpholine rings is 1. The summed E-state index contributed by atoms with van der Waals surface area (Å²) in [6, 6.07) is 0. The second-order valence-corrected chi connectivity index (χ2v) is 7.21. The van der Waals surface area contributed by atoms with E-state index >= 15 is 0 Å². The van der Waals surface area contributed by atoms with Gasteiger partial charge in [0.2, 0.25) is 10.0 Å². The smallest absolute Gasteiger partial charge is 0.246 e. The predicted octanol–water partition coefficient (Wildman–Crippen LogP) is -0.137. The van der Waals surface area contributed by atoms with Gasteiger partial charge in [-0.2, -0.15) is 9.40 Å². The van der Waals surface area contributed by atoms with Crippen LogP contribution in [-0.4, -0.2) is 52.2 Å². The molecule has 0 saturated carbocycles. The van der Waals surface area contributed by atoms with Gasteiger partial charge in [-0.25, -0.2) is 13.4 Å². The minimum absolute atomic E-state index is 0.138. The van der Waals surface area contributed by atoms with Crippen LogP contribution in [0, 0.1) is 6.92 Å².